The molecule has 5 rings (SSSR count). The third-order valence-electron chi connectivity index (χ3n) is 6.03. The van der Waals surface area contributed by atoms with Gasteiger partial charge in [0, 0.05) is 10.0 Å². The second-order valence-corrected chi connectivity index (χ2v) is 9.72. The van der Waals surface area contributed by atoms with E-state index in [0.29, 0.717) is 46.0 Å². The smallest absolute Gasteiger partial charge is 0.335 e. The summed E-state index contributed by atoms with van der Waals surface area (Å²) in [4.78, 5) is 39.2. The van der Waals surface area contributed by atoms with Crippen molar-refractivity contribution in [2.45, 2.75) is 13.2 Å². The number of rotatable bonds is 8. The number of ether oxygens (including phenoxy) is 2. The Morgan fingerprint density at radius 1 is 0.650 bits per heavy atom. The molecule has 9 heteroatoms. The molecule has 4 aromatic carbocycles. The third kappa shape index (κ3) is 6.51. The average Bonchev–Trinajstić information content (AvgIpc) is 2.96. The number of amides is 4. The van der Waals surface area contributed by atoms with Crippen molar-refractivity contribution >= 4 is 52.8 Å². The first-order valence-corrected chi connectivity index (χ1v) is 13.0. The number of hydrogen-bond acceptors (Lipinski definition) is 5. The lowest BCUT2D eigenvalue weighted by Gasteiger charge is -2.26. The maximum atomic E-state index is 13.2. The van der Waals surface area contributed by atoms with Gasteiger partial charge in [-0.05, 0) is 83.4 Å². The van der Waals surface area contributed by atoms with Gasteiger partial charge in [0.05, 0.1) is 5.69 Å². The second kappa shape index (κ2) is 12.1. The van der Waals surface area contributed by atoms with Crippen molar-refractivity contribution in [1.82, 2.24) is 5.32 Å². The molecule has 40 heavy (non-hydrogen) atoms. The van der Waals surface area contributed by atoms with Crippen LogP contribution in [0, 0.1) is 0 Å². The Hall–Kier alpha value is -4.59. The van der Waals surface area contributed by atoms with Gasteiger partial charge in [-0.1, -0.05) is 59.6 Å². The van der Waals surface area contributed by atoms with Gasteiger partial charge in [-0.2, -0.15) is 0 Å². The number of halogens is 2. The molecule has 1 saturated heterocycles. The van der Waals surface area contributed by atoms with E-state index in [1.54, 1.807) is 72.8 Å². The Morgan fingerprint density at radius 2 is 1.12 bits per heavy atom. The molecular weight excluding hydrogens is 551 g/mol. The van der Waals surface area contributed by atoms with Crippen molar-refractivity contribution in [3.63, 3.8) is 0 Å². The van der Waals surface area contributed by atoms with Crippen LogP contribution in [0.1, 0.15) is 16.7 Å². The molecule has 0 radical (unpaired) electrons. The highest BCUT2D eigenvalue weighted by atomic mass is 35.5. The average molecular weight is 573 g/mol. The van der Waals surface area contributed by atoms with E-state index in [1.807, 2.05) is 24.3 Å². The van der Waals surface area contributed by atoms with E-state index >= 15 is 0 Å². The Bertz CT molecular complexity index is 1570. The Labute approximate surface area is 240 Å². The fourth-order valence-corrected chi connectivity index (χ4v) is 4.16. The van der Waals surface area contributed by atoms with Crippen molar-refractivity contribution in [3.8, 4) is 11.5 Å². The lowest BCUT2D eigenvalue weighted by atomic mass is 10.1. The predicted octanol–water partition coefficient (Wildman–Crippen LogP) is 6.82. The van der Waals surface area contributed by atoms with Crippen LogP contribution in [0.5, 0.6) is 11.5 Å². The molecule has 0 atom stereocenters. The number of carbonyl (C=O) groups is 3. The van der Waals surface area contributed by atoms with Gasteiger partial charge in [0.2, 0.25) is 0 Å². The van der Waals surface area contributed by atoms with Gasteiger partial charge in [-0.25, -0.2) is 9.69 Å². The summed E-state index contributed by atoms with van der Waals surface area (Å²) in [6.45, 7) is 0.687. The van der Waals surface area contributed by atoms with Crippen LogP contribution in [-0.4, -0.2) is 17.8 Å². The van der Waals surface area contributed by atoms with E-state index < -0.39 is 17.8 Å². The van der Waals surface area contributed by atoms with E-state index in [4.69, 9.17) is 32.7 Å². The van der Waals surface area contributed by atoms with Crippen LogP contribution in [0.4, 0.5) is 10.5 Å². The van der Waals surface area contributed by atoms with Crippen LogP contribution in [0.15, 0.2) is 103 Å². The highest BCUT2D eigenvalue weighted by Crippen LogP contribution is 2.25. The van der Waals surface area contributed by atoms with Gasteiger partial charge in [0.15, 0.2) is 0 Å². The normalized spacial score (nSPS) is 14.3. The Kier molecular flexibility index (Phi) is 8.15. The van der Waals surface area contributed by atoms with Crippen molar-refractivity contribution in [2.24, 2.45) is 0 Å². The van der Waals surface area contributed by atoms with Crippen LogP contribution in [-0.2, 0) is 22.8 Å². The van der Waals surface area contributed by atoms with Crippen molar-refractivity contribution in [1.29, 1.82) is 0 Å². The zero-order valence-corrected chi connectivity index (χ0v) is 22.5. The number of nitrogens with zero attached hydrogens (tertiary/aromatic N) is 1. The third-order valence-corrected chi connectivity index (χ3v) is 6.53. The van der Waals surface area contributed by atoms with Crippen LogP contribution >= 0.6 is 23.2 Å². The number of carbonyl (C=O) groups excluding carboxylic acids is 3. The number of nitrogens with one attached hydrogen (secondary N) is 1. The van der Waals surface area contributed by atoms with E-state index in [1.165, 1.54) is 6.08 Å². The molecule has 7 nitrogen and oxygen atoms in total. The van der Waals surface area contributed by atoms with E-state index in [2.05, 4.69) is 5.32 Å². The molecule has 0 bridgehead atoms. The molecule has 1 N–H and O–H groups in total. The number of imide groups is 2. The van der Waals surface area contributed by atoms with Gasteiger partial charge in [0.1, 0.15) is 30.3 Å². The fourth-order valence-electron chi connectivity index (χ4n) is 3.90. The predicted molar refractivity (Wildman–Crippen MR) is 153 cm³/mol. The lowest BCUT2D eigenvalue weighted by molar-refractivity contribution is -0.122. The minimum Gasteiger partial charge on any atom is -0.489 e. The number of urea groups is 1. The summed E-state index contributed by atoms with van der Waals surface area (Å²) in [5.41, 5.74) is 2.63. The van der Waals surface area contributed by atoms with Crippen LogP contribution in [0.3, 0.4) is 0 Å². The monoisotopic (exact) mass is 572 g/mol. The topological polar surface area (TPSA) is 84.9 Å². The summed E-state index contributed by atoms with van der Waals surface area (Å²) in [7, 11) is 0. The molecule has 4 amide bonds. The van der Waals surface area contributed by atoms with E-state index in [9.17, 15) is 14.4 Å². The van der Waals surface area contributed by atoms with Crippen molar-refractivity contribution in [3.05, 3.63) is 129 Å². The molecule has 0 aliphatic carbocycles. The molecule has 1 aliphatic rings. The SMILES string of the molecule is O=C1NC(=O)N(c2ccc(OCc3ccc(Cl)cc3)cc2)C(=O)/C1=C/c1ccc(OCc2ccc(Cl)cc2)cc1. The molecule has 0 unspecified atom stereocenters. The maximum absolute atomic E-state index is 13.2. The van der Waals surface area contributed by atoms with Gasteiger partial charge in [-0.15, -0.1) is 0 Å². The molecule has 200 valence electrons. The van der Waals surface area contributed by atoms with Crippen LogP contribution < -0.4 is 19.7 Å². The summed E-state index contributed by atoms with van der Waals surface area (Å²) in [5, 5.41) is 3.52. The molecule has 1 heterocycles. The van der Waals surface area contributed by atoms with E-state index in [-0.39, 0.29) is 5.57 Å². The number of hydrogen-bond donors (Lipinski definition) is 1. The van der Waals surface area contributed by atoms with Crippen molar-refractivity contribution < 1.29 is 23.9 Å². The molecule has 0 aromatic heterocycles. The number of barbiturate groups is 1. The second-order valence-electron chi connectivity index (χ2n) is 8.85. The summed E-state index contributed by atoms with van der Waals surface area (Å²) >= 11 is 11.8. The molecule has 4 aromatic rings. The standard InChI is InChI=1S/C31H22Cl2N2O5/c32-23-7-1-21(2-8-23)18-39-26-13-5-20(6-14-26)17-28-29(36)34-31(38)35(30(28)37)25-11-15-27(16-12-25)40-19-22-3-9-24(33)10-4-22/h1-17H,18-19H2,(H,34,36,38)/b28-17+. The summed E-state index contributed by atoms with van der Waals surface area (Å²) in [6.07, 6.45) is 1.43. The molecule has 0 spiro atoms. The zero-order chi connectivity index (χ0) is 28.1. The van der Waals surface area contributed by atoms with Crippen LogP contribution in [0.2, 0.25) is 10.0 Å². The summed E-state index contributed by atoms with van der Waals surface area (Å²) < 4.78 is 11.6. The number of benzene rings is 4. The number of anilines is 1. The Balaban J connectivity index is 1.25. The first kappa shape index (κ1) is 27.0. The van der Waals surface area contributed by atoms with Gasteiger partial charge in [0.25, 0.3) is 11.8 Å². The minimum atomic E-state index is -0.826. The summed E-state index contributed by atoms with van der Waals surface area (Å²) in [6, 6.07) is 27.2. The van der Waals surface area contributed by atoms with Crippen molar-refractivity contribution in [2.75, 3.05) is 4.90 Å². The molecule has 1 aliphatic heterocycles. The first-order chi connectivity index (χ1) is 19.4. The largest absolute Gasteiger partial charge is 0.489 e. The van der Waals surface area contributed by atoms with Gasteiger partial charge in [-0.3, -0.25) is 14.9 Å². The summed E-state index contributed by atoms with van der Waals surface area (Å²) in [5.74, 6) is -0.329. The van der Waals surface area contributed by atoms with Gasteiger partial charge >= 0.3 is 6.03 Å². The molecule has 1 fully saturated rings. The fraction of sp³-hybridized carbons (Fsp3) is 0.0645. The van der Waals surface area contributed by atoms with Gasteiger partial charge < -0.3 is 9.47 Å². The lowest BCUT2D eigenvalue weighted by Crippen LogP contribution is -2.54. The molecular formula is C31H22Cl2N2O5. The minimum absolute atomic E-state index is 0.169. The highest BCUT2D eigenvalue weighted by Gasteiger charge is 2.36. The van der Waals surface area contributed by atoms with Crippen LogP contribution in [0.25, 0.3) is 6.08 Å². The first-order valence-electron chi connectivity index (χ1n) is 12.2. The Morgan fingerprint density at radius 3 is 1.62 bits per heavy atom. The molecule has 0 saturated carbocycles. The maximum Gasteiger partial charge on any atom is 0.335 e. The highest BCUT2D eigenvalue weighted by molar-refractivity contribution is 6.39. The quantitative estimate of drug-likeness (QED) is 0.185. The zero-order valence-electron chi connectivity index (χ0n) is 21.0. The van der Waals surface area contributed by atoms with E-state index in [0.717, 1.165) is 16.0 Å².